The molecular weight excluding hydrogens is 387 g/mol. The van der Waals surface area contributed by atoms with E-state index in [1.54, 1.807) is 13.8 Å². The molecule has 0 fully saturated rings. The number of carbonyl (C=O) groups is 3. The number of halogens is 1. The predicted molar refractivity (Wildman–Crippen MR) is 110 cm³/mol. The Hall–Kier alpha value is -3.48. The Morgan fingerprint density at radius 1 is 1.13 bits per heavy atom. The second-order valence-electron chi connectivity index (χ2n) is 6.92. The lowest BCUT2D eigenvalue weighted by molar-refractivity contribution is -0.140. The van der Waals surface area contributed by atoms with Crippen LogP contribution in [0.5, 0.6) is 0 Å². The molecule has 7 heteroatoms. The molecule has 1 N–H and O–H groups in total. The Morgan fingerprint density at radius 2 is 1.80 bits per heavy atom. The van der Waals surface area contributed by atoms with Crippen LogP contribution in [0, 0.1) is 5.82 Å². The van der Waals surface area contributed by atoms with Gasteiger partial charge >= 0.3 is 5.97 Å². The fourth-order valence-electron chi connectivity index (χ4n) is 3.52. The third kappa shape index (κ3) is 4.74. The zero-order valence-corrected chi connectivity index (χ0v) is 16.9. The first-order chi connectivity index (χ1) is 14.4. The average Bonchev–Trinajstić information content (AvgIpc) is 2.73. The molecule has 2 aromatic carbocycles. The van der Waals surface area contributed by atoms with Crippen molar-refractivity contribution in [3.05, 3.63) is 77.2 Å². The fourth-order valence-corrected chi connectivity index (χ4v) is 3.52. The molecule has 6 nitrogen and oxygen atoms in total. The number of hydrogen-bond acceptors (Lipinski definition) is 4. The Bertz CT molecular complexity index is 970. The topological polar surface area (TPSA) is 75.7 Å². The summed E-state index contributed by atoms with van der Waals surface area (Å²) in [5, 5.41) is 2.63. The van der Waals surface area contributed by atoms with Gasteiger partial charge in [0.25, 0.3) is 0 Å². The van der Waals surface area contributed by atoms with E-state index in [0.29, 0.717) is 17.0 Å². The Morgan fingerprint density at radius 3 is 2.43 bits per heavy atom. The third-order valence-electron chi connectivity index (χ3n) is 4.95. The maximum atomic E-state index is 13.0. The van der Waals surface area contributed by atoms with Gasteiger partial charge in [0.2, 0.25) is 11.8 Å². The van der Waals surface area contributed by atoms with Gasteiger partial charge < -0.3 is 15.0 Å². The number of carbonyl (C=O) groups excluding carboxylic acids is 3. The molecule has 0 radical (unpaired) electrons. The van der Waals surface area contributed by atoms with Crippen LogP contribution in [0.4, 0.5) is 10.1 Å². The van der Waals surface area contributed by atoms with Gasteiger partial charge in [-0.05, 0) is 43.7 Å². The summed E-state index contributed by atoms with van der Waals surface area (Å²) < 4.78 is 18.3. The summed E-state index contributed by atoms with van der Waals surface area (Å²) >= 11 is 0. The highest BCUT2D eigenvalue weighted by molar-refractivity contribution is 5.99. The molecule has 1 heterocycles. The van der Waals surface area contributed by atoms with E-state index in [1.807, 2.05) is 30.3 Å². The molecule has 30 heavy (non-hydrogen) atoms. The van der Waals surface area contributed by atoms with Gasteiger partial charge in [0, 0.05) is 23.7 Å². The molecule has 1 atom stereocenters. The van der Waals surface area contributed by atoms with E-state index >= 15 is 0 Å². The van der Waals surface area contributed by atoms with Crippen LogP contribution in [0.1, 0.15) is 31.7 Å². The number of anilines is 1. The van der Waals surface area contributed by atoms with Crippen molar-refractivity contribution in [2.75, 3.05) is 18.5 Å². The summed E-state index contributed by atoms with van der Waals surface area (Å²) in [5.74, 6) is -2.06. The molecule has 2 amide bonds. The summed E-state index contributed by atoms with van der Waals surface area (Å²) in [5.41, 5.74) is 2.02. The highest BCUT2D eigenvalue weighted by atomic mass is 19.1. The molecule has 0 aliphatic carbocycles. The van der Waals surface area contributed by atoms with Crippen LogP contribution in [0.15, 0.2) is 65.9 Å². The van der Waals surface area contributed by atoms with Gasteiger partial charge in [0.05, 0.1) is 12.2 Å². The van der Waals surface area contributed by atoms with Crippen LogP contribution in [-0.2, 0) is 19.1 Å². The molecule has 0 unspecified atom stereocenters. The van der Waals surface area contributed by atoms with Crippen LogP contribution < -0.4 is 5.32 Å². The molecule has 3 rings (SSSR count). The highest BCUT2D eigenvalue weighted by Crippen LogP contribution is 2.36. The first-order valence-electron chi connectivity index (χ1n) is 9.69. The maximum absolute atomic E-state index is 13.0. The number of allylic oxidation sites excluding steroid dienone is 1. The van der Waals surface area contributed by atoms with Crippen LogP contribution in [0.2, 0.25) is 0 Å². The summed E-state index contributed by atoms with van der Waals surface area (Å²) in [6.07, 6.45) is 0.0549. The van der Waals surface area contributed by atoms with Gasteiger partial charge in [-0.15, -0.1) is 0 Å². The number of benzene rings is 2. The number of nitrogens with zero attached hydrogens (tertiary/aromatic N) is 1. The van der Waals surface area contributed by atoms with Crippen molar-refractivity contribution in [3.8, 4) is 0 Å². The third-order valence-corrected chi connectivity index (χ3v) is 4.95. The van der Waals surface area contributed by atoms with Crippen LogP contribution in [-0.4, -0.2) is 35.8 Å². The quantitative estimate of drug-likeness (QED) is 0.738. The monoisotopic (exact) mass is 410 g/mol. The Balaban J connectivity index is 1.87. The van der Waals surface area contributed by atoms with Crippen LogP contribution >= 0.6 is 0 Å². The minimum absolute atomic E-state index is 0.0549. The molecule has 1 aliphatic heterocycles. The van der Waals surface area contributed by atoms with Gasteiger partial charge in [-0.3, -0.25) is 9.59 Å². The fraction of sp³-hybridized carbons (Fsp3) is 0.261. The van der Waals surface area contributed by atoms with Crippen LogP contribution in [0.3, 0.4) is 0 Å². The molecule has 0 spiro atoms. The molecule has 2 aromatic rings. The van der Waals surface area contributed by atoms with E-state index in [0.717, 1.165) is 5.56 Å². The average molecular weight is 410 g/mol. The molecule has 0 saturated carbocycles. The van der Waals surface area contributed by atoms with Crippen molar-refractivity contribution in [3.63, 3.8) is 0 Å². The van der Waals surface area contributed by atoms with Gasteiger partial charge in [-0.25, -0.2) is 9.18 Å². The number of hydrogen-bond donors (Lipinski definition) is 1. The van der Waals surface area contributed by atoms with Crippen LogP contribution in [0.25, 0.3) is 0 Å². The number of ether oxygens (including phenoxy) is 1. The van der Waals surface area contributed by atoms with Gasteiger partial charge in [-0.1, -0.05) is 30.3 Å². The molecule has 1 aliphatic rings. The van der Waals surface area contributed by atoms with Gasteiger partial charge in [0.15, 0.2) is 0 Å². The van der Waals surface area contributed by atoms with Crippen molar-refractivity contribution < 1.29 is 23.5 Å². The molecule has 0 aromatic heterocycles. The van der Waals surface area contributed by atoms with Crippen molar-refractivity contribution in [2.45, 2.75) is 26.2 Å². The van der Waals surface area contributed by atoms with Gasteiger partial charge in [0.1, 0.15) is 12.4 Å². The van der Waals surface area contributed by atoms with E-state index in [4.69, 9.17) is 4.74 Å². The highest BCUT2D eigenvalue weighted by Gasteiger charge is 2.37. The zero-order valence-electron chi connectivity index (χ0n) is 16.9. The summed E-state index contributed by atoms with van der Waals surface area (Å²) in [6.45, 7) is 3.31. The predicted octanol–water partition coefficient (Wildman–Crippen LogP) is 3.62. The minimum Gasteiger partial charge on any atom is -0.463 e. The molecular formula is C23H23FN2O4. The first-order valence-corrected chi connectivity index (χ1v) is 9.69. The van der Waals surface area contributed by atoms with Crippen molar-refractivity contribution in [2.24, 2.45) is 0 Å². The van der Waals surface area contributed by atoms with E-state index < -0.39 is 23.6 Å². The lowest BCUT2D eigenvalue weighted by atomic mass is 9.83. The number of amides is 2. The van der Waals surface area contributed by atoms with Crippen molar-refractivity contribution >= 4 is 23.5 Å². The minimum atomic E-state index is -0.500. The van der Waals surface area contributed by atoms with E-state index in [1.165, 1.54) is 29.2 Å². The number of nitrogens with one attached hydrogen (secondary N) is 1. The second kappa shape index (κ2) is 9.35. The lowest BCUT2D eigenvalue weighted by Gasteiger charge is -2.34. The first kappa shape index (κ1) is 21.2. The lowest BCUT2D eigenvalue weighted by Crippen LogP contribution is -2.42. The Labute approximate surface area is 174 Å². The van der Waals surface area contributed by atoms with E-state index in [9.17, 15) is 18.8 Å². The molecule has 0 saturated heterocycles. The standard InChI is InChI=1S/C23H23FN2O4/c1-3-30-23(29)22-15(2)26(14-20(27)25-18-11-9-17(24)10-12-18)21(28)13-19(22)16-7-5-4-6-8-16/h4-12,19H,3,13-14H2,1-2H3,(H,25,27)/t19-/m1/s1. The van der Waals surface area contributed by atoms with Crippen molar-refractivity contribution in [1.82, 2.24) is 4.90 Å². The SMILES string of the molecule is CCOC(=O)C1=C(C)N(CC(=O)Nc2ccc(F)cc2)C(=O)C[C@@H]1c1ccccc1. The zero-order chi connectivity index (χ0) is 21.7. The van der Waals surface area contributed by atoms with Gasteiger partial charge in [-0.2, -0.15) is 0 Å². The maximum Gasteiger partial charge on any atom is 0.336 e. The number of rotatable bonds is 6. The van der Waals surface area contributed by atoms with Crippen molar-refractivity contribution in [1.29, 1.82) is 0 Å². The summed E-state index contributed by atoms with van der Waals surface area (Å²) in [4.78, 5) is 39.3. The molecule has 156 valence electrons. The summed E-state index contributed by atoms with van der Waals surface area (Å²) in [7, 11) is 0. The Kier molecular flexibility index (Phi) is 6.61. The largest absolute Gasteiger partial charge is 0.463 e. The van der Waals surface area contributed by atoms with E-state index in [-0.39, 0.29) is 25.5 Å². The normalized spacial score (nSPS) is 16.4. The smallest absolute Gasteiger partial charge is 0.336 e. The second-order valence-corrected chi connectivity index (χ2v) is 6.92. The number of esters is 1. The summed E-state index contributed by atoms with van der Waals surface area (Å²) in [6, 6.07) is 14.6. The van der Waals surface area contributed by atoms with E-state index in [2.05, 4.69) is 5.32 Å². The molecule has 0 bridgehead atoms.